The molecular weight excluding hydrogens is 317 g/mol. The van der Waals surface area contributed by atoms with Crippen LogP contribution in [0.1, 0.15) is 24.8 Å². The molecule has 0 radical (unpaired) electrons. The van der Waals surface area contributed by atoms with Crippen molar-refractivity contribution in [2.45, 2.75) is 31.4 Å². The highest BCUT2D eigenvalue weighted by atomic mass is 19.1. The molecule has 0 aromatic heterocycles. The molecule has 3 unspecified atom stereocenters. The highest BCUT2D eigenvalue weighted by molar-refractivity contribution is 5.80. The van der Waals surface area contributed by atoms with Crippen LogP contribution in [-0.4, -0.2) is 31.7 Å². The summed E-state index contributed by atoms with van der Waals surface area (Å²) in [5.74, 6) is 1.20. The van der Waals surface area contributed by atoms with E-state index in [9.17, 15) is 4.39 Å². The molecule has 0 heterocycles. The maximum atomic E-state index is 13.6. The van der Waals surface area contributed by atoms with E-state index in [0.717, 1.165) is 12.4 Å². The largest absolute Gasteiger partial charge is 0.486 e. The van der Waals surface area contributed by atoms with Crippen molar-refractivity contribution in [1.29, 1.82) is 0 Å². The fourth-order valence-electron chi connectivity index (χ4n) is 2.83. The number of para-hydroxylation sites is 1. The van der Waals surface area contributed by atoms with E-state index >= 15 is 0 Å². The lowest BCUT2D eigenvalue weighted by molar-refractivity contribution is 0.214. The van der Waals surface area contributed by atoms with Crippen molar-refractivity contribution in [3.63, 3.8) is 0 Å². The molecule has 25 heavy (non-hydrogen) atoms. The first-order chi connectivity index (χ1) is 12.2. The van der Waals surface area contributed by atoms with Crippen molar-refractivity contribution >= 4 is 5.96 Å². The third-order valence-electron chi connectivity index (χ3n) is 4.29. The summed E-state index contributed by atoms with van der Waals surface area (Å²) in [5.41, 5.74) is 1.35. The Morgan fingerprint density at radius 1 is 1.20 bits per heavy atom. The number of hydrogen-bond donors (Lipinski definition) is 2. The monoisotopic (exact) mass is 341 g/mol. The van der Waals surface area contributed by atoms with Gasteiger partial charge in [0.05, 0.1) is 6.54 Å². The highest BCUT2D eigenvalue weighted by Crippen LogP contribution is 2.40. The number of benzene rings is 2. The van der Waals surface area contributed by atoms with Crippen LogP contribution < -0.4 is 15.4 Å². The van der Waals surface area contributed by atoms with Gasteiger partial charge in [0.25, 0.3) is 0 Å². The van der Waals surface area contributed by atoms with Crippen LogP contribution in [0.3, 0.4) is 0 Å². The highest BCUT2D eigenvalue weighted by Gasteiger charge is 2.38. The number of rotatable bonds is 6. The molecule has 0 saturated heterocycles. The van der Waals surface area contributed by atoms with E-state index in [1.54, 1.807) is 25.2 Å². The zero-order chi connectivity index (χ0) is 17.6. The average molecular weight is 341 g/mol. The average Bonchev–Trinajstić information content (AvgIpc) is 3.40. The second kappa shape index (κ2) is 8.01. The number of guanidine groups is 1. The molecule has 3 rings (SSSR count). The molecule has 1 saturated carbocycles. The number of hydrogen-bond acceptors (Lipinski definition) is 2. The molecule has 1 aliphatic carbocycles. The second-order valence-electron chi connectivity index (χ2n) is 6.32. The molecule has 0 bridgehead atoms. The Labute approximate surface area is 148 Å². The Balaban J connectivity index is 1.45. The van der Waals surface area contributed by atoms with E-state index in [0.29, 0.717) is 18.5 Å². The Morgan fingerprint density at radius 3 is 2.64 bits per heavy atom. The molecular formula is C20H24FN3O. The fraction of sp³-hybridized carbons (Fsp3) is 0.350. The lowest BCUT2D eigenvalue weighted by atomic mass is 10.1. The molecule has 1 aliphatic rings. The van der Waals surface area contributed by atoms with Gasteiger partial charge in [-0.2, -0.15) is 0 Å². The van der Waals surface area contributed by atoms with Gasteiger partial charge in [0.2, 0.25) is 0 Å². The minimum absolute atomic E-state index is 0.181. The maximum absolute atomic E-state index is 13.6. The normalized spacial score (nSPS) is 20.7. The Hall–Kier alpha value is -2.56. The summed E-state index contributed by atoms with van der Waals surface area (Å²) >= 11 is 0. The van der Waals surface area contributed by atoms with E-state index in [-0.39, 0.29) is 17.7 Å². The van der Waals surface area contributed by atoms with Gasteiger partial charge in [0, 0.05) is 19.0 Å². The predicted molar refractivity (Wildman–Crippen MR) is 98.6 cm³/mol. The summed E-state index contributed by atoms with van der Waals surface area (Å²) in [4.78, 5) is 4.26. The molecule has 3 atom stereocenters. The topological polar surface area (TPSA) is 45.7 Å². The summed E-state index contributed by atoms with van der Waals surface area (Å²) in [7, 11) is 1.75. The third kappa shape index (κ3) is 4.72. The van der Waals surface area contributed by atoms with Crippen molar-refractivity contribution in [3.05, 3.63) is 66.0 Å². The van der Waals surface area contributed by atoms with Crippen molar-refractivity contribution in [1.82, 2.24) is 10.6 Å². The zero-order valence-corrected chi connectivity index (χ0v) is 14.6. The number of nitrogens with zero attached hydrogens (tertiary/aromatic N) is 1. The second-order valence-corrected chi connectivity index (χ2v) is 6.32. The van der Waals surface area contributed by atoms with E-state index in [4.69, 9.17) is 4.74 Å². The van der Waals surface area contributed by atoms with E-state index in [2.05, 4.69) is 39.9 Å². The molecule has 132 valence electrons. The van der Waals surface area contributed by atoms with E-state index in [1.807, 2.05) is 13.0 Å². The molecule has 0 spiro atoms. The van der Waals surface area contributed by atoms with Gasteiger partial charge >= 0.3 is 0 Å². The zero-order valence-electron chi connectivity index (χ0n) is 14.6. The molecule has 1 fully saturated rings. The van der Waals surface area contributed by atoms with Gasteiger partial charge in [0.1, 0.15) is 6.10 Å². The number of aliphatic imine (C=N–C) groups is 1. The molecule has 0 aliphatic heterocycles. The Morgan fingerprint density at radius 2 is 1.92 bits per heavy atom. The number of ether oxygens (including phenoxy) is 1. The van der Waals surface area contributed by atoms with Crippen LogP contribution in [0, 0.1) is 5.82 Å². The van der Waals surface area contributed by atoms with Crippen molar-refractivity contribution in [2.75, 3.05) is 13.6 Å². The summed E-state index contributed by atoms with van der Waals surface area (Å²) in [6.07, 6.45) is 0.922. The minimum atomic E-state index is -0.347. The first kappa shape index (κ1) is 17.3. The van der Waals surface area contributed by atoms with Gasteiger partial charge in [-0.25, -0.2) is 4.39 Å². The van der Waals surface area contributed by atoms with Gasteiger partial charge in [-0.1, -0.05) is 42.5 Å². The molecule has 4 nitrogen and oxygen atoms in total. The summed E-state index contributed by atoms with van der Waals surface area (Å²) in [5, 5.41) is 6.67. The maximum Gasteiger partial charge on any atom is 0.191 e. The van der Waals surface area contributed by atoms with E-state index in [1.165, 1.54) is 11.6 Å². The van der Waals surface area contributed by atoms with Crippen LogP contribution in [0.2, 0.25) is 0 Å². The summed E-state index contributed by atoms with van der Waals surface area (Å²) < 4.78 is 19.2. The Kier molecular flexibility index (Phi) is 5.53. The van der Waals surface area contributed by atoms with Gasteiger partial charge in [-0.3, -0.25) is 4.99 Å². The summed E-state index contributed by atoms with van der Waals surface area (Å²) in [6.45, 7) is 2.44. The summed E-state index contributed by atoms with van der Waals surface area (Å²) in [6, 6.07) is 17.3. The van der Waals surface area contributed by atoms with Crippen LogP contribution >= 0.6 is 0 Å². The molecule has 2 aromatic carbocycles. The van der Waals surface area contributed by atoms with Crippen molar-refractivity contribution < 1.29 is 9.13 Å². The lowest BCUT2D eigenvalue weighted by Gasteiger charge is -2.18. The van der Waals surface area contributed by atoms with E-state index < -0.39 is 0 Å². The molecule has 2 aromatic rings. The molecule has 2 N–H and O–H groups in total. The van der Waals surface area contributed by atoms with Gasteiger partial charge in [-0.05, 0) is 31.0 Å². The van der Waals surface area contributed by atoms with Crippen LogP contribution in [-0.2, 0) is 0 Å². The minimum Gasteiger partial charge on any atom is -0.486 e. The standard InChI is InChI=1S/C20H24FN3O/c1-14(25-19-11-7-6-10-17(19)21)13-23-20(22-2)24-18-12-16(18)15-8-4-3-5-9-15/h3-11,14,16,18H,12-13H2,1-2H3,(H2,22,23,24). The fourth-order valence-corrected chi connectivity index (χ4v) is 2.83. The Bertz CT molecular complexity index is 720. The SMILES string of the molecule is CN=C(NCC(C)Oc1ccccc1F)NC1CC1c1ccccc1. The van der Waals surface area contributed by atoms with Gasteiger partial charge in [-0.15, -0.1) is 0 Å². The van der Waals surface area contributed by atoms with Crippen LogP contribution in [0.25, 0.3) is 0 Å². The smallest absolute Gasteiger partial charge is 0.191 e. The van der Waals surface area contributed by atoms with Crippen molar-refractivity contribution in [2.24, 2.45) is 4.99 Å². The van der Waals surface area contributed by atoms with Gasteiger partial charge < -0.3 is 15.4 Å². The lowest BCUT2D eigenvalue weighted by Crippen LogP contribution is -2.43. The number of nitrogens with one attached hydrogen (secondary N) is 2. The van der Waals surface area contributed by atoms with Gasteiger partial charge in [0.15, 0.2) is 17.5 Å². The first-order valence-electron chi connectivity index (χ1n) is 8.60. The third-order valence-corrected chi connectivity index (χ3v) is 4.29. The molecule has 5 heteroatoms. The number of halogens is 1. The van der Waals surface area contributed by atoms with Crippen molar-refractivity contribution in [3.8, 4) is 5.75 Å². The van der Waals surface area contributed by atoms with Crippen LogP contribution in [0.4, 0.5) is 4.39 Å². The quantitative estimate of drug-likeness (QED) is 0.626. The molecule has 0 amide bonds. The predicted octanol–water partition coefficient (Wildman–Crippen LogP) is 3.31. The first-order valence-corrected chi connectivity index (χ1v) is 8.60. The van der Waals surface area contributed by atoms with Crippen LogP contribution in [0.15, 0.2) is 59.6 Å². The van der Waals surface area contributed by atoms with Crippen LogP contribution in [0.5, 0.6) is 5.75 Å².